The molecule has 98 valence electrons. The fourth-order valence-corrected chi connectivity index (χ4v) is 2.67. The summed E-state index contributed by atoms with van der Waals surface area (Å²) in [4.78, 5) is 8.47. The van der Waals surface area contributed by atoms with Gasteiger partial charge in [-0.15, -0.1) is 0 Å². The van der Waals surface area contributed by atoms with Crippen molar-refractivity contribution in [3.63, 3.8) is 0 Å². The van der Waals surface area contributed by atoms with E-state index in [4.69, 9.17) is 0 Å². The van der Waals surface area contributed by atoms with Crippen LogP contribution in [0.3, 0.4) is 0 Å². The van der Waals surface area contributed by atoms with Gasteiger partial charge in [-0.25, -0.2) is 4.98 Å². The third-order valence-corrected chi connectivity index (χ3v) is 3.67. The van der Waals surface area contributed by atoms with Crippen LogP contribution in [0.2, 0.25) is 0 Å². The molecule has 4 heteroatoms. The summed E-state index contributed by atoms with van der Waals surface area (Å²) in [6, 6.07) is 10.5. The molecule has 1 aromatic carbocycles. The number of rotatable bonds is 2. The summed E-state index contributed by atoms with van der Waals surface area (Å²) in [6.45, 7) is 1.03. The van der Waals surface area contributed by atoms with Gasteiger partial charge in [-0.05, 0) is 42.3 Å². The van der Waals surface area contributed by atoms with E-state index in [9.17, 15) is 0 Å². The molecular weight excluding hydrogens is 248 g/mol. The maximum atomic E-state index is 4.29. The van der Waals surface area contributed by atoms with Crippen molar-refractivity contribution in [2.45, 2.75) is 6.42 Å². The van der Waals surface area contributed by atoms with Crippen LogP contribution in [0.5, 0.6) is 0 Å². The molecule has 0 unspecified atom stereocenters. The Hall–Kier alpha value is -2.62. The molecule has 0 saturated carbocycles. The van der Waals surface area contributed by atoms with Gasteiger partial charge in [0.05, 0.1) is 18.2 Å². The molecule has 2 aromatic heterocycles. The number of aromatic nitrogens is 3. The maximum Gasteiger partial charge on any atom is 0.0997 e. The lowest BCUT2D eigenvalue weighted by atomic mass is 10.1. The standard InChI is InChI=1S/C16H14N4/c1-2-13(9-17-6-1)16-10-18-11-20(16)14-3-4-15-12(8-14)5-7-19-15/h1-4,6,8-11,19H,5,7H2. The van der Waals surface area contributed by atoms with E-state index in [1.807, 2.05) is 24.8 Å². The Kier molecular flexibility index (Phi) is 2.52. The summed E-state index contributed by atoms with van der Waals surface area (Å²) in [5, 5.41) is 3.38. The molecule has 4 rings (SSSR count). The second-order valence-electron chi connectivity index (χ2n) is 4.91. The summed E-state index contributed by atoms with van der Waals surface area (Å²) in [6.07, 6.45) is 8.46. The van der Waals surface area contributed by atoms with Crippen LogP contribution in [0.1, 0.15) is 5.56 Å². The van der Waals surface area contributed by atoms with Gasteiger partial charge < -0.3 is 5.32 Å². The Labute approximate surface area is 117 Å². The molecule has 3 heterocycles. The van der Waals surface area contributed by atoms with Crippen molar-refractivity contribution in [2.24, 2.45) is 0 Å². The first-order valence-electron chi connectivity index (χ1n) is 6.72. The molecule has 4 nitrogen and oxygen atoms in total. The number of pyridine rings is 1. The number of hydrogen-bond acceptors (Lipinski definition) is 3. The van der Waals surface area contributed by atoms with Crippen molar-refractivity contribution in [1.82, 2.24) is 14.5 Å². The lowest BCUT2D eigenvalue weighted by molar-refractivity contribution is 1.05. The molecule has 0 amide bonds. The molecule has 0 saturated heterocycles. The Morgan fingerprint density at radius 3 is 3.00 bits per heavy atom. The molecule has 0 spiro atoms. The van der Waals surface area contributed by atoms with Gasteiger partial charge >= 0.3 is 0 Å². The molecule has 1 N–H and O–H groups in total. The van der Waals surface area contributed by atoms with Crippen molar-refractivity contribution in [1.29, 1.82) is 0 Å². The monoisotopic (exact) mass is 262 g/mol. The lowest BCUT2D eigenvalue weighted by Crippen LogP contribution is -1.96. The number of hydrogen-bond donors (Lipinski definition) is 1. The molecule has 0 bridgehead atoms. The van der Waals surface area contributed by atoms with Crippen LogP contribution < -0.4 is 5.32 Å². The van der Waals surface area contributed by atoms with Crippen molar-refractivity contribution in [2.75, 3.05) is 11.9 Å². The lowest BCUT2D eigenvalue weighted by Gasteiger charge is -2.09. The average molecular weight is 262 g/mol. The van der Waals surface area contributed by atoms with Gasteiger partial charge in [-0.1, -0.05) is 0 Å². The summed E-state index contributed by atoms with van der Waals surface area (Å²) in [7, 11) is 0. The molecule has 1 aliphatic heterocycles. The number of imidazole rings is 1. The number of nitrogens with zero attached hydrogens (tertiary/aromatic N) is 3. The molecule has 0 radical (unpaired) electrons. The maximum absolute atomic E-state index is 4.29. The van der Waals surface area contributed by atoms with E-state index in [0.717, 1.165) is 29.9 Å². The van der Waals surface area contributed by atoms with Crippen LogP contribution in [0.25, 0.3) is 16.9 Å². The van der Waals surface area contributed by atoms with Gasteiger partial charge in [0.1, 0.15) is 0 Å². The van der Waals surface area contributed by atoms with Gasteiger partial charge in [0.15, 0.2) is 0 Å². The van der Waals surface area contributed by atoms with Crippen molar-refractivity contribution >= 4 is 5.69 Å². The normalized spacial score (nSPS) is 13.0. The van der Waals surface area contributed by atoms with E-state index in [1.165, 1.54) is 11.3 Å². The van der Waals surface area contributed by atoms with Crippen LogP contribution in [-0.4, -0.2) is 21.1 Å². The van der Waals surface area contributed by atoms with Gasteiger partial charge in [0.25, 0.3) is 0 Å². The van der Waals surface area contributed by atoms with Gasteiger partial charge in [0.2, 0.25) is 0 Å². The third kappa shape index (κ3) is 1.77. The van der Waals surface area contributed by atoms with Gasteiger partial charge in [0, 0.05) is 35.9 Å². The topological polar surface area (TPSA) is 42.7 Å². The highest BCUT2D eigenvalue weighted by Crippen LogP contribution is 2.27. The number of benzene rings is 1. The van der Waals surface area contributed by atoms with Crippen LogP contribution in [0.15, 0.2) is 55.2 Å². The largest absolute Gasteiger partial charge is 0.384 e. The van der Waals surface area contributed by atoms with E-state index in [-0.39, 0.29) is 0 Å². The van der Waals surface area contributed by atoms with Gasteiger partial charge in [-0.3, -0.25) is 9.55 Å². The SMILES string of the molecule is c1cncc(-c2cncn2-c2ccc3c(c2)CCN3)c1. The van der Waals surface area contributed by atoms with E-state index in [0.29, 0.717) is 0 Å². The van der Waals surface area contributed by atoms with Crippen LogP contribution in [0.4, 0.5) is 5.69 Å². The number of nitrogens with one attached hydrogen (secondary N) is 1. The Morgan fingerprint density at radius 2 is 2.10 bits per heavy atom. The second-order valence-corrected chi connectivity index (χ2v) is 4.91. The molecular formula is C16H14N4. The molecule has 3 aromatic rings. The highest BCUT2D eigenvalue weighted by atomic mass is 15.1. The summed E-state index contributed by atoms with van der Waals surface area (Å²) >= 11 is 0. The van der Waals surface area contributed by atoms with E-state index >= 15 is 0 Å². The Morgan fingerprint density at radius 1 is 1.10 bits per heavy atom. The average Bonchev–Trinajstić information content (AvgIpc) is 3.16. The van der Waals surface area contributed by atoms with Crippen LogP contribution in [-0.2, 0) is 6.42 Å². The smallest absolute Gasteiger partial charge is 0.0997 e. The molecule has 0 fully saturated rings. The minimum absolute atomic E-state index is 1.03. The number of anilines is 1. The molecule has 0 atom stereocenters. The summed E-state index contributed by atoms with van der Waals surface area (Å²) < 4.78 is 2.11. The minimum atomic E-state index is 1.03. The van der Waals surface area contributed by atoms with Gasteiger partial charge in [-0.2, -0.15) is 0 Å². The predicted molar refractivity (Wildman–Crippen MR) is 79.0 cm³/mol. The fourth-order valence-electron chi connectivity index (χ4n) is 2.67. The van der Waals surface area contributed by atoms with Crippen molar-refractivity contribution < 1.29 is 0 Å². The van der Waals surface area contributed by atoms with E-state index in [1.54, 1.807) is 6.20 Å². The second kappa shape index (κ2) is 4.49. The van der Waals surface area contributed by atoms with E-state index in [2.05, 4.69) is 44.1 Å². The van der Waals surface area contributed by atoms with Crippen LogP contribution >= 0.6 is 0 Å². The first-order valence-corrected chi connectivity index (χ1v) is 6.72. The van der Waals surface area contributed by atoms with Crippen molar-refractivity contribution in [3.05, 3.63) is 60.8 Å². The highest BCUT2D eigenvalue weighted by Gasteiger charge is 2.12. The summed E-state index contributed by atoms with van der Waals surface area (Å²) in [5.41, 5.74) is 5.89. The van der Waals surface area contributed by atoms with Crippen molar-refractivity contribution in [3.8, 4) is 16.9 Å². The zero-order chi connectivity index (χ0) is 13.4. The zero-order valence-electron chi connectivity index (χ0n) is 11.0. The zero-order valence-corrected chi connectivity index (χ0v) is 11.0. The minimum Gasteiger partial charge on any atom is -0.384 e. The summed E-state index contributed by atoms with van der Waals surface area (Å²) in [5.74, 6) is 0. The van der Waals surface area contributed by atoms with E-state index < -0.39 is 0 Å². The third-order valence-electron chi connectivity index (χ3n) is 3.67. The molecule has 1 aliphatic rings. The van der Waals surface area contributed by atoms with Crippen LogP contribution in [0, 0.1) is 0 Å². The highest BCUT2D eigenvalue weighted by molar-refractivity contribution is 5.64. The Balaban J connectivity index is 1.82. The predicted octanol–water partition coefficient (Wildman–Crippen LogP) is 2.90. The fraction of sp³-hybridized carbons (Fsp3) is 0.125. The molecule has 20 heavy (non-hydrogen) atoms. The number of fused-ring (bicyclic) bond motifs is 1. The first kappa shape index (κ1) is 11.2. The molecule has 0 aliphatic carbocycles. The first-order chi connectivity index (χ1) is 9.92. The quantitative estimate of drug-likeness (QED) is 0.772. The Bertz CT molecular complexity index is 746.